The minimum atomic E-state index is 0.194. The fourth-order valence-electron chi connectivity index (χ4n) is 2.47. The summed E-state index contributed by atoms with van der Waals surface area (Å²) in [6, 6.07) is 8.79. The van der Waals surface area contributed by atoms with Gasteiger partial charge < -0.3 is 10.2 Å². The van der Waals surface area contributed by atoms with Gasteiger partial charge in [-0.1, -0.05) is 29.8 Å². The summed E-state index contributed by atoms with van der Waals surface area (Å²) in [5.74, 6) is 0.194. The van der Waals surface area contributed by atoms with Crippen molar-refractivity contribution in [3.8, 4) is 0 Å². The van der Waals surface area contributed by atoms with Crippen molar-refractivity contribution in [3.63, 3.8) is 0 Å². The van der Waals surface area contributed by atoms with Gasteiger partial charge in [-0.05, 0) is 19.4 Å². The van der Waals surface area contributed by atoms with Crippen LogP contribution in [0.1, 0.15) is 18.1 Å². The van der Waals surface area contributed by atoms with Crippen LogP contribution in [0.15, 0.2) is 24.3 Å². The highest BCUT2D eigenvalue weighted by atomic mass is 16.2. The summed E-state index contributed by atoms with van der Waals surface area (Å²) >= 11 is 0. The van der Waals surface area contributed by atoms with Crippen LogP contribution < -0.4 is 5.32 Å². The summed E-state index contributed by atoms with van der Waals surface area (Å²) in [6.45, 7) is 8.33. The van der Waals surface area contributed by atoms with E-state index in [4.69, 9.17) is 0 Å². The predicted molar refractivity (Wildman–Crippen MR) is 81.6 cm³/mol. The molecule has 1 amide bonds. The maximum atomic E-state index is 12.3. The molecule has 0 radical (unpaired) electrons. The fourth-order valence-corrected chi connectivity index (χ4v) is 2.47. The molecule has 0 saturated carbocycles. The molecule has 1 aromatic carbocycles. The molecule has 1 fully saturated rings. The number of carbonyl (C=O) groups excluding carboxylic acids is 1. The highest BCUT2D eigenvalue weighted by Crippen LogP contribution is 2.08. The predicted octanol–water partition coefficient (Wildman–Crippen LogP) is 1.25. The molecule has 4 nitrogen and oxygen atoms in total. The van der Waals surface area contributed by atoms with E-state index >= 15 is 0 Å². The van der Waals surface area contributed by atoms with Crippen LogP contribution in [0.5, 0.6) is 0 Å². The van der Waals surface area contributed by atoms with Crippen LogP contribution in [-0.4, -0.2) is 55.0 Å². The SMILES string of the molecule is Cc1ccc(CN(C)C(=O)CN2CCNC[C@H]2C)cc1. The number of rotatable bonds is 4. The molecule has 0 bridgehead atoms. The zero-order valence-corrected chi connectivity index (χ0v) is 12.7. The Hall–Kier alpha value is -1.39. The van der Waals surface area contributed by atoms with Gasteiger partial charge in [-0.25, -0.2) is 0 Å². The maximum Gasteiger partial charge on any atom is 0.236 e. The topological polar surface area (TPSA) is 35.6 Å². The second-order valence-corrected chi connectivity index (χ2v) is 5.76. The Morgan fingerprint density at radius 1 is 1.40 bits per heavy atom. The average molecular weight is 275 g/mol. The van der Waals surface area contributed by atoms with Crippen LogP contribution in [0, 0.1) is 6.92 Å². The van der Waals surface area contributed by atoms with Gasteiger partial charge in [0.05, 0.1) is 6.54 Å². The largest absolute Gasteiger partial charge is 0.340 e. The summed E-state index contributed by atoms with van der Waals surface area (Å²) in [5.41, 5.74) is 2.43. The second kappa shape index (κ2) is 6.86. The van der Waals surface area contributed by atoms with Gasteiger partial charge in [0, 0.05) is 39.3 Å². The van der Waals surface area contributed by atoms with Crippen LogP contribution in [0.3, 0.4) is 0 Å². The van der Waals surface area contributed by atoms with Crippen LogP contribution in [0.25, 0.3) is 0 Å². The van der Waals surface area contributed by atoms with E-state index in [0.29, 0.717) is 19.1 Å². The van der Waals surface area contributed by atoms with E-state index in [1.165, 1.54) is 11.1 Å². The highest BCUT2D eigenvalue weighted by molar-refractivity contribution is 5.78. The molecule has 1 aliphatic rings. The van der Waals surface area contributed by atoms with Gasteiger partial charge in [-0.15, -0.1) is 0 Å². The number of benzene rings is 1. The number of nitrogens with zero attached hydrogens (tertiary/aromatic N) is 2. The smallest absolute Gasteiger partial charge is 0.236 e. The second-order valence-electron chi connectivity index (χ2n) is 5.76. The summed E-state index contributed by atoms with van der Waals surface area (Å²) in [5, 5.41) is 3.35. The first-order valence-electron chi connectivity index (χ1n) is 7.30. The molecule has 1 atom stereocenters. The molecule has 1 aliphatic heterocycles. The lowest BCUT2D eigenvalue weighted by molar-refractivity contribution is -0.132. The van der Waals surface area contributed by atoms with Gasteiger partial charge in [0.15, 0.2) is 0 Å². The Morgan fingerprint density at radius 2 is 2.10 bits per heavy atom. The lowest BCUT2D eigenvalue weighted by Gasteiger charge is -2.34. The first kappa shape index (κ1) is 15.0. The summed E-state index contributed by atoms with van der Waals surface area (Å²) < 4.78 is 0. The van der Waals surface area contributed by atoms with Gasteiger partial charge in [-0.3, -0.25) is 9.69 Å². The minimum absolute atomic E-state index is 0.194. The van der Waals surface area contributed by atoms with Crippen LogP contribution >= 0.6 is 0 Å². The zero-order chi connectivity index (χ0) is 14.5. The molecule has 1 heterocycles. The summed E-state index contributed by atoms with van der Waals surface area (Å²) in [4.78, 5) is 16.4. The molecule has 4 heteroatoms. The normalized spacial score (nSPS) is 19.9. The van der Waals surface area contributed by atoms with Crippen LogP contribution in [0.2, 0.25) is 0 Å². The molecule has 0 aliphatic carbocycles. The number of amides is 1. The molecule has 1 aromatic rings. The molecule has 110 valence electrons. The third kappa shape index (κ3) is 4.05. The molecule has 0 aromatic heterocycles. The Kier molecular flexibility index (Phi) is 5.15. The lowest BCUT2D eigenvalue weighted by Crippen LogP contribution is -2.52. The first-order chi connectivity index (χ1) is 9.56. The average Bonchev–Trinajstić information content (AvgIpc) is 2.44. The molecule has 2 rings (SSSR count). The molecule has 1 saturated heterocycles. The minimum Gasteiger partial charge on any atom is -0.340 e. The number of carbonyl (C=O) groups is 1. The number of hydrogen-bond donors (Lipinski definition) is 1. The van der Waals surface area contributed by atoms with Gasteiger partial charge in [0.25, 0.3) is 0 Å². The Balaban J connectivity index is 1.86. The van der Waals surface area contributed by atoms with E-state index < -0.39 is 0 Å². The molecule has 0 spiro atoms. The van der Waals surface area contributed by atoms with Crippen molar-refractivity contribution in [1.29, 1.82) is 0 Å². The molecule has 0 unspecified atom stereocenters. The highest BCUT2D eigenvalue weighted by Gasteiger charge is 2.21. The lowest BCUT2D eigenvalue weighted by atomic mass is 10.1. The van der Waals surface area contributed by atoms with Crippen molar-refractivity contribution >= 4 is 5.91 Å². The van der Waals surface area contributed by atoms with Crippen LogP contribution in [0.4, 0.5) is 0 Å². The van der Waals surface area contributed by atoms with E-state index in [9.17, 15) is 4.79 Å². The third-order valence-electron chi connectivity index (χ3n) is 3.94. The Bertz CT molecular complexity index is 444. The number of nitrogens with one attached hydrogen (secondary N) is 1. The number of piperazine rings is 1. The van der Waals surface area contributed by atoms with E-state index in [-0.39, 0.29) is 5.91 Å². The quantitative estimate of drug-likeness (QED) is 0.898. The van der Waals surface area contributed by atoms with Crippen molar-refractivity contribution in [1.82, 2.24) is 15.1 Å². The number of likely N-dealkylation sites (N-methyl/N-ethyl adjacent to an activating group) is 1. The first-order valence-corrected chi connectivity index (χ1v) is 7.30. The monoisotopic (exact) mass is 275 g/mol. The van der Waals surface area contributed by atoms with Gasteiger partial charge in [-0.2, -0.15) is 0 Å². The number of aryl methyl sites for hydroxylation is 1. The van der Waals surface area contributed by atoms with Crippen LogP contribution in [-0.2, 0) is 11.3 Å². The molecule has 20 heavy (non-hydrogen) atoms. The van der Waals surface area contributed by atoms with Gasteiger partial charge in [0.2, 0.25) is 5.91 Å². The van der Waals surface area contributed by atoms with E-state index in [2.05, 4.69) is 48.3 Å². The third-order valence-corrected chi connectivity index (χ3v) is 3.94. The number of hydrogen-bond acceptors (Lipinski definition) is 3. The van der Waals surface area contributed by atoms with Crippen molar-refractivity contribution in [2.45, 2.75) is 26.4 Å². The Labute approximate surface area is 121 Å². The van der Waals surface area contributed by atoms with Crippen molar-refractivity contribution in [3.05, 3.63) is 35.4 Å². The molecule has 1 N–H and O–H groups in total. The zero-order valence-electron chi connectivity index (χ0n) is 12.7. The standard InChI is InChI=1S/C16H25N3O/c1-13-4-6-15(7-5-13)11-18(3)16(20)12-19-9-8-17-10-14(19)2/h4-7,14,17H,8-12H2,1-3H3/t14-/m1/s1. The van der Waals surface area contributed by atoms with Gasteiger partial charge in [0.1, 0.15) is 0 Å². The van der Waals surface area contributed by atoms with Crippen molar-refractivity contribution < 1.29 is 4.79 Å². The van der Waals surface area contributed by atoms with Crippen molar-refractivity contribution in [2.75, 3.05) is 33.2 Å². The van der Waals surface area contributed by atoms with E-state index in [1.54, 1.807) is 0 Å². The fraction of sp³-hybridized carbons (Fsp3) is 0.562. The van der Waals surface area contributed by atoms with Crippen molar-refractivity contribution in [2.24, 2.45) is 0 Å². The van der Waals surface area contributed by atoms with Gasteiger partial charge >= 0.3 is 0 Å². The van der Waals surface area contributed by atoms with E-state index in [0.717, 1.165) is 19.6 Å². The summed E-state index contributed by atoms with van der Waals surface area (Å²) in [6.07, 6.45) is 0. The Morgan fingerprint density at radius 3 is 2.75 bits per heavy atom. The van der Waals surface area contributed by atoms with E-state index in [1.807, 2.05) is 11.9 Å². The summed E-state index contributed by atoms with van der Waals surface area (Å²) in [7, 11) is 1.88. The maximum absolute atomic E-state index is 12.3. The molecular formula is C16H25N3O. The molecular weight excluding hydrogens is 250 g/mol.